The van der Waals surface area contributed by atoms with E-state index in [1.54, 1.807) is 12.1 Å². The Morgan fingerprint density at radius 3 is 3.00 bits per heavy atom. The zero-order valence-corrected chi connectivity index (χ0v) is 6.21. The number of halogens is 1. The molecule has 0 fully saturated rings. The van der Waals surface area contributed by atoms with Crippen molar-refractivity contribution in [3.63, 3.8) is 0 Å². The molecule has 1 heterocycles. The average molecular weight is 161 g/mol. The van der Waals surface area contributed by atoms with Crippen molar-refractivity contribution < 1.29 is 9.52 Å². The summed E-state index contributed by atoms with van der Waals surface area (Å²) < 4.78 is 4.94. The highest BCUT2D eigenvalue weighted by Gasteiger charge is 2.07. The van der Waals surface area contributed by atoms with E-state index in [1.165, 1.54) is 6.26 Å². The first-order valence-electron chi connectivity index (χ1n) is 3.12. The Morgan fingerprint density at radius 2 is 2.50 bits per heavy atom. The van der Waals surface area contributed by atoms with E-state index in [1.807, 2.05) is 0 Å². The lowest BCUT2D eigenvalue weighted by atomic mass is 10.2. The second-order valence-corrected chi connectivity index (χ2v) is 2.39. The standard InChI is InChI=1S/C7H9ClO2/c8-4-3-6(9)7-2-1-5-10-7/h1-2,5-6,9H,3-4H2/t6-/m0/s1. The Hall–Kier alpha value is -0.470. The maximum absolute atomic E-state index is 9.23. The fraction of sp³-hybridized carbons (Fsp3) is 0.429. The van der Waals surface area contributed by atoms with Gasteiger partial charge in [0.25, 0.3) is 0 Å². The average Bonchev–Trinajstić information content (AvgIpc) is 2.38. The molecule has 1 N–H and O–H groups in total. The third kappa shape index (κ3) is 1.75. The van der Waals surface area contributed by atoms with Gasteiger partial charge in [0.1, 0.15) is 11.9 Å². The lowest BCUT2D eigenvalue weighted by molar-refractivity contribution is 0.146. The summed E-state index contributed by atoms with van der Waals surface area (Å²) in [6, 6.07) is 3.48. The Balaban J connectivity index is 2.50. The summed E-state index contributed by atoms with van der Waals surface area (Å²) in [5.41, 5.74) is 0. The number of rotatable bonds is 3. The molecule has 1 aromatic heterocycles. The predicted molar refractivity (Wildman–Crippen MR) is 39.0 cm³/mol. The third-order valence-corrected chi connectivity index (χ3v) is 1.47. The fourth-order valence-electron chi connectivity index (χ4n) is 0.726. The van der Waals surface area contributed by atoms with Crippen LogP contribution in [0.2, 0.25) is 0 Å². The minimum atomic E-state index is -0.549. The molecule has 1 atom stereocenters. The summed E-state index contributed by atoms with van der Waals surface area (Å²) in [5, 5.41) is 9.23. The molecule has 0 radical (unpaired) electrons. The van der Waals surface area contributed by atoms with Gasteiger partial charge < -0.3 is 9.52 Å². The second kappa shape index (κ2) is 3.64. The van der Waals surface area contributed by atoms with Crippen molar-refractivity contribution in [1.82, 2.24) is 0 Å². The topological polar surface area (TPSA) is 33.4 Å². The van der Waals surface area contributed by atoms with Crippen molar-refractivity contribution in [2.24, 2.45) is 0 Å². The van der Waals surface area contributed by atoms with Crippen molar-refractivity contribution >= 4 is 11.6 Å². The number of aliphatic hydroxyl groups excluding tert-OH is 1. The maximum atomic E-state index is 9.23. The fourth-order valence-corrected chi connectivity index (χ4v) is 0.933. The molecule has 1 aromatic rings. The van der Waals surface area contributed by atoms with Crippen LogP contribution in [0.4, 0.5) is 0 Å². The summed E-state index contributed by atoms with van der Waals surface area (Å²) in [4.78, 5) is 0. The summed E-state index contributed by atoms with van der Waals surface area (Å²) in [6.07, 6.45) is 1.52. The van der Waals surface area contributed by atoms with Gasteiger partial charge >= 0.3 is 0 Å². The van der Waals surface area contributed by atoms with E-state index in [-0.39, 0.29) is 0 Å². The smallest absolute Gasteiger partial charge is 0.132 e. The monoisotopic (exact) mass is 160 g/mol. The Labute approximate surface area is 64.4 Å². The van der Waals surface area contributed by atoms with Gasteiger partial charge in [-0.05, 0) is 18.6 Å². The van der Waals surface area contributed by atoms with Crippen LogP contribution >= 0.6 is 11.6 Å². The van der Waals surface area contributed by atoms with Gasteiger partial charge in [-0.2, -0.15) is 0 Å². The molecule has 0 amide bonds. The van der Waals surface area contributed by atoms with Gasteiger partial charge in [-0.25, -0.2) is 0 Å². The van der Waals surface area contributed by atoms with Crippen molar-refractivity contribution in [2.75, 3.05) is 5.88 Å². The SMILES string of the molecule is O[C@@H](CCCl)c1ccco1. The third-order valence-electron chi connectivity index (χ3n) is 1.25. The van der Waals surface area contributed by atoms with Crippen LogP contribution in [0.15, 0.2) is 22.8 Å². The van der Waals surface area contributed by atoms with E-state index in [9.17, 15) is 5.11 Å². The highest BCUT2D eigenvalue weighted by Crippen LogP contribution is 2.16. The Morgan fingerprint density at radius 1 is 1.70 bits per heavy atom. The quantitative estimate of drug-likeness (QED) is 0.686. The van der Waals surface area contributed by atoms with Gasteiger partial charge in [-0.15, -0.1) is 11.6 Å². The van der Waals surface area contributed by atoms with Crippen LogP contribution in [-0.2, 0) is 0 Å². The van der Waals surface area contributed by atoms with Crippen LogP contribution in [0.1, 0.15) is 18.3 Å². The molecule has 2 nitrogen and oxygen atoms in total. The first-order chi connectivity index (χ1) is 4.84. The number of aliphatic hydroxyl groups is 1. The van der Waals surface area contributed by atoms with Crippen LogP contribution in [0.3, 0.4) is 0 Å². The number of hydrogen-bond acceptors (Lipinski definition) is 2. The largest absolute Gasteiger partial charge is 0.467 e. The molecule has 10 heavy (non-hydrogen) atoms. The molecule has 0 unspecified atom stereocenters. The van der Waals surface area contributed by atoms with Crippen molar-refractivity contribution in [1.29, 1.82) is 0 Å². The number of furan rings is 1. The zero-order valence-electron chi connectivity index (χ0n) is 5.46. The lowest BCUT2D eigenvalue weighted by Crippen LogP contribution is -1.95. The Bertz CT molecular complexity index is 172. The second-order valence-electron chi connectivity index (χ2n) is 2.01. The van der Waals surface area contributed by atoms with Gasteiger partial charge in [-0.3, -0.25) is 0 Å². The molecule has 0 saturated heterocycles. The van der Waals surface area contributed by atoms with Crippen molar-refractivity contribution in [2.45, 2.75) is 12.5 Å². The van der Waals surface area contributed by atoms with Crippen LogP contribution in [0.25, 0.3) is 0 Å². The highest BCUT2D eigenvalue weighted by atomic mass is 35.5. The van der Waals surface area contributed by atoms with Gasteiger partial charge in [0.2, 0.25) is 0 Å². The molecule has 0 aliphatic heterocycles. The maximum Gasteiger partial charge on any atom is 0.132 e. The normalized spacial score (nSPS) is 13.4. The number of alkyl halides is 1. The first kappa shape index (κ1) is 7.63. The van der Waals surface area contributed by atoms with E-state index in [2.05, 4.69) is 0 Å². The van der Waals surface area contributed by atoms with Gasteiger partial charge in [0.05, 0.1) is 6.26 Å². The van der Waals surface area contributed by atoms with E-state index in [0.717, 1.165) is 0 Å². The molecular formula is C7H9ClO2. The van der Waals surface area contributed by atoms with E-state index < -0.39 is 6.10 Å². The van der Waals surface area contributed by atoms with E-state index in [0.29, 0.717) is 18.1 Å². The molecule has 0 saturated carbocycles. The summed E-state index contributed by atoms with van der Waals surface area (Å²) in [5.74, 6) is 1.03. The molecule has 56 valence electrons. The highest BCUT2D eigenvalue weighted by molar-refractivity contribution is 6.17. The Kier molecular flexibility index (Phi) is 2.78. The van der Waals surface area contributed by atoms with Gasteiger partial charge in [-0.1, -0.05) is 0 Å². The molecule has 1 rings (SSSR count). The predicted octanol–water partition coefficient (Wildman–Crippen LogP) is 1.94. The molecule has 0 spiro atoms. The van der Waals surface area contributed by atoms with Gasteiger partial charge in [0.15, 0.2) is 0 Å². The van der Waals surface area contributed by atoms with Crippen molar-refractivity contribution in [3.05, 3.63) is 24.2 Å². The zero-order chi connectivity index (χ0) is 7.40. The number of hydrogen-bond donors (Lipinski definition) is 1. The molecule has 0 aromatic carbocycles. The minimum Gasteiger partial charge on any atom is -0.467 e. The molecular weight excluding hydrogens is 152 g/mol. The summed E-state index contributed by atoms with van der Waals surface area (Å²) in [6.45, 7) is 0. The van der Waals surface area contributed by atoms with E-state index >= 15 is 0 Å². The molecule has 0 aliphatic rings. The van der Waals surface area contributed by atoms with E-state index in [4.69, 9.17) is 16.0 Å². The van der Waals surface area contributed by atoms with Crippen LogP contribution in [0.5, 0.6) is 0 Å². The molecule has 3 heteroatoms. The van der Waals surface area contributed by atoms with Crippen LogP contribution < -0.4 is 0 Å². The molecule has 0 aliphatic carbocycles. The van der Waals surface area contributed by atoms with Crippen LogP contribution in [0, 0.1) is 0 Å². The summed E-state index contributed by atoms with van der Waals surface area (Å²) >= 11 is 5.41. The molecule has 0 bridgehead atoms. The minimum absolute atomic E-state index is 0.446. The van der Waals surface area contributed by atoms with Crippen LogP contribution in [-0.4, -0.2) is 11.0 Å². The van der Waals surface area contributed by atoms with Crippen molar-refractivity contribution in [3.8, 4) is 0 Å². The lowest BCUT2D eigenvalue weighted by Gasteiger charge is -2.02. The summed E-state index contributed by atoms with van der Waals surface area (Å²) in [7, 11) is 0. The first-order valence-corrected chi connectivity index (χ1v) is 3.65. The van der Waals surface area contributed by atoms with Gasteiger partial charge in [0, 0.05) is 5.88 Å².